The third kappa shape index (κ3) is 6.01. The van der Waals surface area contributed by atoms with Gasteiger partial charge in [-0.2, -0.15) is 0 Å². The number of nitro benzene ring substituents is 1. The van der Waals surface area contributed by atoms with Gasteiger partial charge in [0.25, 0.3) is 5.69 Å². The van der Waals surface area contributed by atoms with Crippen molar-refractivity contribution in [3.8, 4) is 0 Å². The van der Waals surface area contributed by atoms with E-state index in [1.54, 1.807) is 19.2 Å². The zero-order valence-electron chi connectivity index (χ0n) is 20.7. The van der Waals surface area contributed by atoms with Crippen LogP contribution in [0.2, 0.25) is 0 Å². The maximum absolute atomic E-state index is 13.3. The first kappa shape index (κ1) is 25.4. The molecule has 1 saturated carbocycles. The van der Waals surface area contributed by atoms with Crippen molar-refractivity contribution in [3.05, 3.63) is 69.8 Å². The van der Waals surface area contributed by atoms with Gasteiger partial charge in [0.1, 0.15) is 18.5 Å². The van der Waals surface area contributed by atoms with Crippen LogP contribution in [0.5, 0.6) is 0 Å². The summed E-state index contributed by atoms with van der Waals surface area (Å²) in [7, 11) is 1.66. The number of hydrogen-bond donors (Lipinski definition) is 0. The van der Waals surface area contributed by atoms with Crippen LogP contribution in [0.1, 0.15) is 51.2 Å². The maximum Gasteiger partial charge on any atom is 0.326 e. The molecule has 0 heterocycles. The molecular formula is C27H35N3O4. The van der Waals surface area contributed by atoms with Crippen LogP contribution in [-0.2, 0) is 9.53 Å². The lowest BCUT2D eigenvalue weighted by Crippen LogP contribution is -2.41. The van der Waals surface area contributed by atoms with Crippen LogP contribution in [0.15, 0.2) is 53.5 Å². The van der Waals surface area contributed by atoms with Gasteiger partial charge < -0.3 is 9.64 Å². The SMILES string of the molecule is C/N=C(\c1ccc([N+](=O)[O-])cc1)N(CC(=O)O[C@@H]1C[C@H](C)CC[C@H]1C(C)C)c1ccccc1C. The number of benzene rings is 2. The van der Waals surface area contributed by atoms with Gasteiger partial charge in [-0.25, -0.2) is 0 Å². The van der Waals surface area contributed by atoms with Gasteiger partial charge in [0, 0.05) is 30.4 Å². The van der Waals surface area contributed by atoms with Gasteiger partial charge in [-0.15, -0.1) is 0 Å². The predicted molar refractivity (Wildman–Crippen MR) is 135 cm³/mol. The van der Waals surface area contributed by atoms with E-state index in [0.717, 1.165) is 24.1 Å². The molecule has 0 aromatic heterocycles. The van der Waals surface area contributed by atoms with E-state index in [4.69, 9.17) is 4.74 Å². The van der Waals surface area contributed by atoms with E-state index < -0.39 is 4.92 Å². The average Bonchev–Trinajstić information content (AvgIpc) is 2.79. The van der Waals surface area contributed by atoms with Crippen molar-refractivity contribution >= 4 is 23.2 Å². The highest BCUT2D eigenvalue weighted by atomic mass is 16.6. The Morgan fingerprint density at radius 3 is 2.44 bits per heavy atom. The first-order chi connectivity index (χ1) is 16.2. The van der Waals surface area contributed by atoms with Crippen LogP contribution in [0.25, 0.3) is 0 Å². The lowest BCUT2D eigenvalue weighted by atomic mass is 9.75. The van der Waals surface area contributed by atoms with Crippen molar-refractivity contribution in [1.29, 1.82) is 0 Å². The van der Waals surface area contributed by atoms with Crippen LogP contribution in [-0.4, -0.2) is 36.4 Å². The zero-order chi connectivity index (χ0) is 24.8. The molecule has 0 aliphatic heterocycles. The van der Waals surface area contributed by atoms with E-state index >= 15 is 0 Å². The Balaban J connectivity index is 1.89. The number of non-ortho nitro benzene ring substituents is 1. The van der Waals surface area contributed by atoms with E-state index in [1.165, 1.54) is 18.6 Å². The number of anilines is 1. The molecule has 7 heteroatoms. The van der Waals surface area contributed by atoms with Gasteiger partial charge in [-0.1, -0.05) is 45.4 Å². The summed E-state index contributed by atoms with van der Waals surface area (Å²) in [6, 6.07) is 14.0. The van der Waals surface area contributed by atoms with Crippen molar-refractivity contribution in [2.75, 3.05) is 18.5 Å². The maximum atomic E-state index is 13.3. The number of nitrogens with zero attached hydrogens (tertiary/aromatic N) is 3. The summed E-state index contributed by atoms with van der Waals surface area (Å²) in [6.45, 7) is 8.58. The fourth-order valence-corrected chi connectivity index (χ4v) is 4.86. The van der Waals surface area contributed by atoms with Crippen LogP contribution in [0, 0.1) is 34.8 Å². The van der Waals surface area contributed by atoms with Gasteiger partial charge in [0.15, 0.2) is 0 Å². The van der Waals surface area contributed by atoms with Crippen molar-refractivity contribution < 1.29 is 14.5 Å². The largest absolute Gasteiger partial charge is 0.461 e. The molecule has 0 N–H and O–H groups in total. The van der Waals surface area contributed by atoms with Crippen molar-refractivity contribution in [2.45, 2.75) is 53.1 Å². The minimum Gasteiger partial charge on any atom is -0.461 e. The molecule has 7 nitrogen and oxygen atoms in total. The molecule has 3 atom stereocenters. The van der Waals surface area contributed by atoms with E-state index in [9.17, 15) is 14.9 Å². The van der Waals surface area contributed by atoms with Crippen LogP contribution in [0.4, 0.5) is 11.4 Å². The molecule has 0 unspecified atom stereocenters. The standard InChI is InChI=1S/C27H35N3O4/c1-18(2)23-15-10-19(3)16-25(23)34-26(31)17-29(24-9-7-6-8-20(24)4)27(28-5)21-11-13-22(14-12-21)30(32)33/h6-9,11-14,18-19,23,25H,10,15-17H2,1-5H3/b28-27+/t19-,23+,25-/m1/s1. The minimum absolute atomic E-state index is 0.00418. The number of esters is 1. The van der Waals surface area contributed by atoms with Crippen molar-refractivity contribution in [3.63, 3.8) is 0 Å². The van der Waals surface area contributed by atoms with E-state index in [2.05, 4.69) is 25.8 Å². The number of nitro groups is 1. The first-order valence-corrected chi connectivity index (χ1v) is 12.0. The molecule has 2 aromatic carbocycles. The number of carbonyl (C=O) groups is 1. The van der Waals surface area contributed by atoms with Crippen molar-refractivity contribution in [1.82, 2.24) is 0 Å². The Bertz CT molecular complexity index is 1030. The number of aliphatic imine (C=N–C) groups is 1. The number of para-hydroxylation sites is 1. The third-order valence-electron chi connectivity index (χ3n) is 6.74. The van der Waals surface area contributed by atoms with Crippen LogP contribution < -0.4 is 4.90 Å². The second-order valence-corrected chi connectivity index (χ2v) is 9.58. The fourth-order valence-electron chi connectivity index (χ4n) is 4.86. The third-order valence-corrected chi connectivity index (χ3v) is 6.74. The molecule has 1 aliphatic rings. The molecule has 0 amide bonds. The second kappa shape index (κ2) is 11.3. The summed E-state index contributed by atoms with van der Waals surface area (Å²) in [5, 5.41) is 11.1. The smallest absolute Gasteiger partial charge is 0.326 e. The number of rotatable bonds is 7. The summed E-state index contributed by atoms with van der Waals surface area (Å²) in [6.07, 6.45) is 3.04. The zero-order valence-corrected chi connectivity index (χ0v) is 20.7. The Labute approximate surface area is 202 Å². The highest BCUT2D eigenvalue weighted by Gasteiger charge is 2.34. The molecule has 1 aliphatic carbocycles. The number of hydrogen-bond acceptors (Lipinski definition) is 5. The molecule has 0 spiro atoms. The number of carbonyl (C=O) groups excluding carboxylic acids is 1. The number of amidine groups is 1. The highest BCUT2D eigenvalue weighted by Crippen LogP contribution is 2.35. The lowest BCUT2D eigenvalue weighted by Gasteiger charge is -2.37. The highest BCUT2D eigenvalue weighted by molar-refractivity contribution is 6.12. The van der Waals surface area contributed by atoms with Gasteiger partial charge in [0.05, 0.1) is 4.92 Å². The Morgan fingerprint density at radius 1 is 1.18 bits per heavy atom. The van der Waals surface area contributed by atoms with Gasteiger partial charge >= 0.3 is 5.97 Å². The quantitative estimate of drug-likeness (QED) is 0.170. The molecule has 2 aromatic rings. The first-order valence-electron chi connectivity index (χ1n) is 12.0. The van der Waals surface area contributed by atoms with E-state index in [-0.39, 0.29) is 24.3 Å². The summed E-state index contributed by atoms with van der Waals surface area (Å²) in [5.74, 6) is 1.61. The summed E-state index contributed by atoms with van der Waals surface area (Å²) in [4.78, 5) is 30.2. The Kier molecular flexibility index (Phi) is 8.42. The summed E-state index contributed by atoms with van der Waals surface area (Å²) in [5.41, 5.74) is 2.53. The molecule has 1 fully saturated rings. The number of ether oxygens (including phenoxy) is 1. The van der Waals surface area contributed by atoms with Crippen molar-refractivity contribution in [2.24, 2.45) is 22.7 Å². The Hall–Kier alpha value is -3.22. The molecule has 3 rings (SSSR count). The second-order valence-electron chi connectivity index (χ2n) is 9.58. The van der Waals surface area contributed by atoms with Gasteiger partial charge in [0.2, 0.25) is 0 Å². The van der Waals surface area contributed by atoms with Crippen LogP contribution in [0.3, 0.4) is 0 Å². The monoisotopic (exact) mass is 465 g/mol. The number of aryl methyl sites for hydroxylation is 1. The molecular weight excluding hydrogens is 430 g/mol. The summed E-state index contributed by atoms with van der Waals surface area (Å²) < 4.78 is 6.08. The normalized spacial score (nSPS) is 20.8. The molecule has 0 radical (unpaired) electrons. The van der Waals surface area contributed by atoms with Gasteiger partial charge in [-0.3, -0.25) is 19.9 Å². The molecule has 0 saturated heterocycles. The average molecular weight is 466 g/mol. The minimum atomic E-state index is -0.431. The summed E-state index contributed by atoms with van der Waals surface area (Å²) >= 11 is 0. The molecule has 0 bridgehead atoms. The van der Waals surface area contributed by atoms with E-state index in [1.807, 2.05) is 36.1 Å². The van der Waals surface area contributed by atoms with E-state index in [0.29, 0.717) is 29.2 Å². The fraction of sp³-hybridized carbons (Fsp3) is 0.481. The van der Waals surface area contributed by atoms with Gasteiger partial charge in [-0.05, 0) is 61.3 Å². The molecule has 34 heavy (non-hydrogen) atoms. The Morgan fingerprint density at radius 2 is 1.85 bits per heavy atom. The topological polar surface area (TPSA) is 85.0 Å². The lowest BCUT2D eigenvalue weighted by molar-refractivity contribution is -0.384. The molecule has 182 valence electrons. The van der Waals surface area contributed by atoms with Crippen LogP contribution >= 0.6 is 0 Å². The predicted octanol–water partition coefficient (Wildman–Crippen LogP) is 5.79.